The molecular weight excluding hydrogens is 681 g/mol. The second kappa shape index (κ2) is 14.3. The standard InChI is InChI=1S/C52H34N4/c1-6-17-35(18-7-1)41-31-42(36-19-8-2-9-20-36)33-43(32-41)52-55-50(39-25-14-5-15-26-39)54-51(56-52)40-29-30-47-46(34-40)48-44(37-21-10-3-11-22-37)27-16-28-45(48)49(53-47)38-23-12-4-13-24-38/h1-34H. The van der Waals surface area contributed by atoms with Crippen molar-refractivity contribution in [3.8, 4) is 78.8 Å². The molecule has 10 aromatic rings. The Labute approximate surface area is 325 Å². The summed E-state index contributed by atoms with van der Waals surface area (Å²) in [5.41, 5.74) is 12.4. The molecule has 2 aromatic heterocycles. The molecule has 4 nitrogen and oxygen atoms in total. The Morgan fingerprint density at radius 2 is 0.714 bits per heavy atom. The number of pyridine rings is 1. The van der Waals surface area contributed by atoms with Gasteiger partial charge in [-0.05, 0) is 69.8 Å². The molecule has 0 atom stereocenters. The molecule has 0 radical (unpaired) electrons. The fourth-order valence-electron chi connectivity index (χ4n) is 7.57. The van der Waals surface area contributed by atoms with Crippen LogP contribution in [0.25, 0.3) is 100 Å². The van der Waals surface area contributed by atoms with Crippen LogP contribution in [0.15, 0.2) is 206 Å². The molecule has 0 N–H and O–H groups in total. The van der Waals surface area contributed by atoms with Gasteiger partial charge in [0.2, 0.25) is 0 Å². The second-order valence-corrected chi connectivity index (χ2v) is 13.9. The minimum atomic E-state index is 0.597. The van der Waals surface area contributed by atoms with Gasteiger partial charge in [-0.1, -0.05) is 170 Å². The molecule has 0 amide bonds. The summed E-state index contributed by atoms with van der Waals surface area (Å²) in [7, 11) is 0. The smallest absolute Gasteiger partial charge is 0.164 e. The molecule has 262 valence electrons. The van der Waals surface area contributed by atoms with Gasteiger partial charge in [-0.15, -0.1) is 0 Å². The molecule has 2 heterocycles. The predicted molar refractivity (Wildman–Crippen MR) is 231 cm³/mol. The SMILES string of the molecule is c1ccc(-c2cc(-c3ccccc3)cc(-c3nc(-c4ccccc4)nc(-c4ccc5nc(-c6ccccc6)c6cccc(-c7ccccc7)c6c5c4)n3)c2)cc1. The maximum atomic E-state index is 5.30. The fraction of sp³-hybridized carbons (Fsp3) is 0. The Morgan fingerprint density at radius 1 is 0.250 bits per heavy atom. The number of hydrogen-bond acceptors (Lipinski definition) is 4. The summed E-state index contributed by atoms with van der Waals surface area (Å²) in [6.07, 6.45) is 0. The maximum Gasteiger partial charge on any atom is 0.164 e. The first kappa shape index (κ1) is 33.0. The van der Waals surface area contributed by atoms with E-state index in [1.165, 1.54) is 0 Å². The molecule has 0 aliphatic rings. The largest absolute Gasteiger partial charge is 0.247 e. The Morgan fingerprint density at radius 3 is 1.29 bits per heavy atom. The summed E-state index contributed by atoms with van der Waals surface area (Å²) in [5, 5.41) is 3.28. The number of benzene rings is 8. The molecule has 8 aromatic carbocycles. The van der Waals surface area contributed by atoms with Gasteiger partial charge in [-0.2, -0.15) is 0 Å². The highest BCUT2D eigenvalue weighted by atomic mass is 15.0. The van der Waals surface area contributed by atoms with E-state index in [0.717, 1.165) is 83.0 Å². The van der Waals surface area contributed by atoms with E-state index in [9.17, 15) is 0 Å². The average molecular weight is 715 g/mol. The second-order valence-electron chi connectivity index (χ2n) is 13.9. The highest BCUT2D eigenvalue weighted by Crippen LogP contribution is 2.40. The minimum Gasteiger partial charge on any atom is -0.247 e. The zero-order chi connectivity index (χ0) is 37.3. The topological polar surface area (TPSA) is 51.6 Å². The van der Waals surface area contributed by atoms with Crippen molar-refractivity contribution in [3.05, 3.63) is 206 Å². The summed E-state index contributed by atoms with van der Waals surface area (Å²) in [6, 6.07) is 71.6. The average Bonchev–Trinajstić information content (AvgIpc) is 3.29. The number of fused-ring (bicyclic) bond motifs is 3. The van der Waals surface area contributed by atoms with Crippen LogP contribution in [0, 0.1) is 0 Å². The molecule has 0 spiro atoms. The van der Waals surface area contributed by atoms with Gasteiger partial charge in [0.15, 0.2) is 17.5 Å². The molecule has 0 saturated carbocycles. The van der Waals surface area contributed by atoms with Gasteiger partial charge in [0.1, 0.15) is 0 Å². The molecule has 56 heavy (non-hydrogen) atoms. The lowest BCUT2D eigenvalue weighted by atomic mass is 9.92. The van der Waals surface area contributed by atoms with Gasteiger partial charge in [0.25, 0.3) is 0 Å². The third kappa shape index (κ3) is 6.29. The van der Waals surface area contributed by atoms with Crippen LogP contribution in [0.5, 0.6) is 0 Å². The zero-order valence-corrected chi connectivity index (χ0v) is 30.4. The van der Waals surface area contributed by atoms with Crippen molar-refractivity contribution in [2.24, 2.45) is 0 Å². The summed E-state index contributed by atoms with van der Waals surface area (Å²) in [6.45, 7) is 0. The molecule has 0 unspecified atom stereocenters. The zero-order valence-electron chi connectivity index (χ0n) is 30.4. The van der Waals surface area contributed by atoms with E-state index in [2.05, 4.69) is 158 Å². The molecule has 0 bridgehead atoms. The van der Waals surface area contributed by atoms with Gasteiger partial charge in [0.05, 0.1) is 11.2 Å². The van der Waals surface area contributed by atoms with E-state index in [1.807, 2.05) is 48.5 Å². The number of rotatable bonds is 7. The number of nitrogens with zero attached hydrogens (tertiary/aromatic N) is 4. The van der Waals surface area contributed by atoms with Gasteiger partial charge in [-0.3, -0.25) is 0 Å². The Hall–Kier alpha value is -7.56. The summed E-state index contributed by atoms with van der Waals surface area (Å²) >= 11 is 0. The maximum absolute atomic E-state index is 5.30. The molecule has 0 saturated heterocycles. The first-order valence-corrected chi connectivity index (χ1v) is 18.8. The van der Waals surface area contributed by atoms with Crippen LogP contribution >= 0.6 is 0 Å². The first-order chi connectivity index (χ1) is 27.7. The van der Waals surface area contributed by atoms with Crippen LogP contribution < -0.4 is 0 Å². The van der Waals surface area contributed by atoms with Crippen LogP contribution in [-0.4, -0.2) is 19.9 Å². The van der Waals surface area contributed by atoms with Crippen molar-refractivity contribution >= 4 is 21.7 Å². The first-order valence-electron chi connectivity index (χ1n) is 18.8. The van der Waals surface area contributed by atoms with Crippen molar-refractivity contribution in [1.82, 2.24) is 19.9 Å². The molecule has 10 rings (SSSR count). The van der Waals surface area contributed by atoms with E-state index in [-0.39, 0.29) is 0 Å². The molecule has 0 fully saturated rings. The lowest BCUT2D eigenvalue weighted by molar-refractivity contribution is 1.07. The monoisotopic (exact) mass is 714 g/mol. The highest BCUT2D eigenvalue weighted by Gasteiger charge is 2.18. The van der Waals surface area contributed by atoms with Gasteiger partial charge >= 0.3 is 0 Å². The van der Waals surface area contributed by atoms with Crippen LogP contribution in [0.1, 0.15) is 0 Å². The molecule has 0 aliphatic carbocycles. The third-order valence-corrected chi connectivity index (χ3v) is 10.3. The van der Waals surface area contributed by atoms with E-state index >= 15 is 0 Å². The Kier molecular flexibility index (Phi) is 8.47. The highest BCUT2D eigenvalue weighted by molar-refractivity contribution is 6.17. The fourth-order valence-corrected chi connectivity index (χ4v) is 7.57. The van der Waals surface area contributed by atoms with Crippen LogP contribution in [0.2, 0.25) is 0 Å². The van der Waals surface area contributed by atoms with Gasteiger partial charge < -0.3 is 0 Å². The van der Waals surface area contributed by atoms with Gasteiger partial charge in [0, 0.05) is 38.4 Å². The summed E-state index contributed by atoms with van der Waals surface area (Å²) < 4.78 is 0. The van der Waals surface area contributed by atoms with E-state index in [4.69, 9.17) is 19.9 Å². The van der Waals surface area contributed by atoms with Crippen molar-refractivity contribution in [2.45, 2.75) is 0 Å². The van der Waals surface area contributed by atoms with Crippen LogP contribution in [0.4, 0.5) is 0 Å². The van der Waals surface area contributed by atoms with Gasteiger partial charge in [-0.25, -0.2) is 19.9 Å². The lowest BCUT2D eigenvalue weighted by Crippen LogP contribution is -2.01. The Balaban J connectivity index is 1.22. The molecular formula is C52H34N4. The number of aromatic nitrogens is 4. The van der Waals surface area contributed by atoms with Crippen molar-refractivity contribution < 1.29 is 0 Å². The molecule has 4 heteroatoms. The third-order valence-electron chi connectivity index (χ3n) is 10.3. The van der Waals surface area contributed by atoms with E-state index in [0.29, 0.717) is 17.5 Å². The normalized spacial score (nSPS) is 11.2. The predicted octanol–water partition coefficient (Wildman–Crippen LogP) is 13.2. The van der Waals surface area contributed by atoms with Crippen LogP contribution in [-0.2, 0) is 0 Å². The Bertz CT molecular complexity index is 2930. The summed E-state index contributed by atoms with van der Waals surface area (Å²) in [4.78, 5) is 20.9. The van der Waals surface area contributed by atoms with Crippen LogP contribution in [0.3, 0.4) is 0 Å². The van der Waals surface area contributed by atoms with E-state index < -0.39 is 0 Å². The van der Waals surface area contributed by atoms with Crippen molar-refractivity contribution in [1.29, 1.82) is 0 Å². The van der Waals surface area contributed by atoms with Crippen molar-refractivity contribution in [3.63, 3.8) is 0 Å². The lowest BCUT2D eigenvalue weighted by Gasteiger charge is -2.15. The quantitative estimate of drug-likeness (QED) is 0.154. The van der Waals surface area contributed by atoms with Crippen molar-refractivity contribution in [2.75, 3.05) is 0 Å². The van der Waals surface area contributed by atoms with E-state index in [1.54, 1.807) is 0 Å². The number of hydrogen-bond donors (Lipinski definition) is 0. The minimum absolute atomic E-state index is 0.597. The summed E-state index contributed by atoms with van der Waals surface area (Å²) in [5.74, 6) is 1.82. The molecule has 0 aliphatic heterocycles.